The smallest absolute Gasteiger partial charge is 0.338 e. The number of halogens is 1. The Balaban J connectivity index is 1.38. The highest BCUT2D eigenvalue weighted by Gasteiger charge is 2.34. The lowest BCUT2D eigenvalue weighted by atomic mass is 9.95. The lowest BCUT2D eigenvalue weighted by molar-refractivity contribution is -0.139. The zero-order chi connectivity index (χ0) is 29.7. The molecule has 0 spiro atoms. The molecule has 2 aromatic heterocycles. The Bertz CT molecular complexity index is 2120. The van der Waals surface area contributed by atoms with Gasteiger partial charge in [-0.1, -0.05) is 63.7 Å². The van der Waals surface area contributed by atoms with Gasteiger partial charge in [-0.2, -0.15) is 0 Å². The second kappa shape index (κ2) is 11.0. The molecule has 3 aromatic carbocycles. The number of ether oxygens (including phenoxy) is 3. The molecular weight excluding hydrogens is 630 g/mol. The van der Waals surface area contributed by atoms with Gasteiger partial charge in [0.2, 0.25) is 6.79 Å². The van der Waals surface area contributed by atoms with E-state index in [9.17, 15) is 9.59 Å². The van der Waals surface area contributed by atoms with Crippen molar-refractivity contribution in [3.63, 3.8) is 0 Å². The predicted octanol–water partition coefficient (Wildman–Crippen LogP) is 5.29. The van der Waals surface area contributed by atoms with Crippen LogP contribution in [0.15, 0.2) is 98.5 Å². The summed E-state index contributed by atoms with van der Waals surface area (Å²) in [5, 5.41) is 1.04. The minimum absolute atomic E-state index is 0.122. The second-order valence-corrected chi connectivity index (χ2v) is 12.2. The number of nitrogens with zero attached hydrogens (tertiary/aromatic N) is 3. The van der Waals surface area contributed by atoms with Gasteiger partial charge in [0.15, 0.2) is 16.3 Å². The molecule has 0 amide bonds. The molecule has 4 heterocycles. The van der Waals surface area contributed by atoms with Crippen LogP contribution in [-0.4, -0.2) is 28.5 Å². The first-order valence-corrected chi connectivity index (χ1v) is 15.4. The van der Waals surface area contributed by atoms with E-state index in [1.54, 1.807) is 24.5 Å². The number of carbonyl (C=O) groups excluding carboxylic acids is 1. The maximum absolute atomic E-state index is 14.2. The van der Waals surface area contributed by atoms with Crippen LogP contribution in [0.25, 0.3) is 17.0 Å². The standard InChI is InChI=1S/C33H26BrN3O5S/c1-3-40-32(39)29-19(2)35-33-37(30(29)21-10-13-26-27(14-21)42-18-41-26)31(38)28(43-33)15-22-17-36(25-7-5-4-6-24(22)25)16-20-8-11-23(34)12-9-20/h4-15,17,30H,3,16,18H2,1-2H3/b28-15+/t30-/m0/s1. The van der Waals surface area contributed by atoms with Crippen LogP contribution in [0, 0.1) is 0 Å². The molecule has 0 saturated heterocycles. The van der Waals surface area contributed by atoms with E-state index in [2.05, 4.69) is 51.0 Å². The summed E-state index contributed by atoms with van der Waals surface area (Å²) in [6.07, 6.45) is 4.00. The number of benzene rings is 3. The zero-order valence-electron chi connectivity index (χ0n) is 23.4. The predicted molar refractivity (Wildman–Crippen MR) is 168 cm³/mol. The number of allylic oxidation sites excluding steroid dienone is 1. The summed E-state index contributed by atoms with van der Waals surface area (Å²) >= 11 is 4.81. The quantitative estimate of drug-likeness (QED) is 0.232. The number of carbonyl (C=O) groups is 1. The molecule has 216 valence electrons. The van der Waals surface area contributed by atoms with Crippen LogP contribution in [0.4, 0.5) is 0 Å². The minimum Gasteiger partial charge on any atom is -0.463 e. The molecule has 43 heavy (non-hydrogen) atoms. The first-order chi connectivity index (χ1) is 20.9. The molecule has 10 heteroatoms. The van der Waals surface area contributed by atoms with Crippen LogP contribution in [0.5, 0.6) is 11.5 Å². The van der Waals surface area contributed by atoms with Crippen molar-refractivity contribution in [2.75, 3.05) is 13.4 Å². The van der Waals surface area contributed by atoms with Gasteiger partial charge in [0, 0.05) is 33.7 Å². The maximum Gasteiger partial charge on any atom is 0.338 e. The fraction of sp³-hybridized carbons (Fsp3) is 0.182. The second-order valence-electron chi connectivity index (χ2n) is 10.3. The van der Waals surface area contributed by atoms with Gasteiger partial charge in [-0.3, -0.25) is 9.36 Å². The van der Waals surface area contributed by atoms with Gasteiger partial charge in [0.05, 0.1) is 28.5 Å². The highest BCUT2D eigenvalue weighted by Crippen LogP contribution is 2.38. The number of fused-ring (bicyclic) bond motifs is 3. The summed E-state index contributed by atoms with van der Waals surface area (Å²) in [5.74, 6) is 0.682. The average Bonchev–Trinajstić information content (AvgIpc) is 3.69. The fourth-order valence-electron chi connectivity index (χ4n) is 5.64. The third-order valence-electron chi connectivity index (χ3n) is 7.60. The number of rotatable bonds is 6. The Morgan fingerprint density at radius 2 is 1.91 bits per heavy atom. The summed E-state index contributed by atoms with van der Waals surface area (Å²) in [5.41, 5.74) is 4.49. The lowest BCUT2D eigenvalue weighted by Gasteiger charge is -2.24. The van der Waals surface area contributed by atoms with Crippen molar-refractivity contribution in [3.05, 3.63) is 125 Å². The van der Waals surface area contributed by atoms with Gasteiger partial charge in [0.25, 0.3) is 5.56 Å². The van der Waals surface area contributed by atoms with Gasteiger partial charge in [-0.25, -0.2) is 9.79 Å². The van der Waals surface area contributed by atoms with Crippen molar-refractivity contribution in [2.45, 2.75) is 26.4 Å². The summed E-state index contributed by atoms with van der Waals surface area (Å²) < 4.78 is 21.9. The van der Waals surface area contributed by atoms with Gasteiger partial charge in [0.1, 0.15) is 0 Å². The summed E-state index contributed by atoms with van der Waals surface area (Å²) in [6.45, 7) is 4.55. The summed E-state index contributed by atoms with van der Waals surface area (Å²) in [7, 11) is 0. The largest absolute Gasteiger partial charge is 0.463 e. The lowest BCUT2D eigenvalue weighted by Crippen LogP contribution is -2.39. The number of thiazole rings is 1. The number of esters is 1. The molecule has 0 unspecified atom stereocenters. The van der Waals surface area contributed by atoms with Crippen molar-refractivity contribution in [1.29, 1.82) is 0 Å². The molecule has 0 fully saturated rings. The fourth-order valence-corrected chi connectivity index (χ4v) is 6.94. The monoisotopic (exact) mass is 655 g/mol. The van der Waals surface area contributed by atoms with Crippen molar-refractivity contribution in [2.24, 2.45) is 4.99 Å². The van der Waals surface area contributed by atoms with Gasteiger partial charge < -0.3 is 18.8 Å². The van der Waals surface area contributed by atoms with Crippen molar-refractivity contribution in [1.82, 2.24) is 9.13 Å². The molecule has 2 aliphatic heterocycles. The van der Waals surface area contributed by atoms with Crippen molar-refractivity contribution < 1.29 is 19.0 Å². The molecule has 0 bridgehead atoms. The van der Waals surface area contributed by atoms with Crippen LogP contribution in [-0.2, 0) is 16.1 Å². The van der Waals surface area contributed by atoms with E-state index in [1.165, 1.54) is 16.9 Å². The molecule has 0 aliphatic carbocycles. The normalized spacial score (nSPS) is 16.0. The number of para-hydroxylation sites is 1. The van der Waals surface area contributed by atoms with Crippen LogP contribution in [0.1, 0.15) is 36.6 Å². The Hall–Kier alpha value is -4.41. The molecule has 8 nitrogen and oxygen atoms in total. The molecule has 0 N–H and O–H groups in total. The van der Waals surface area contributed by atoms with Gasteiger partial charge in [-0.05, 0) is 61.4 Å². The van der Waals surface area contributed by atoms with Gasteiger partial charge >= 0.3 is 5.97 Å². The molecule has 5 aromatic rings. The highest BCUT2D eigenvalue weighted by molar-refractivity contribution is 9.10. The number of hydrogen-bond acceptors (Lipinski definition) is 7. The summed E-state index contributed by atoms with van der Waals surface area (Å²) in [6, 6.07) is 21.2. The van der Waals surface area contributed by atoms with E-state index in [-0.39, 0.29) is 19.0 Å². The Morgan fingerprint density at radius 1 is 1.12 bits per heavy atom. The maximum atomic E-state index is 14.2. The van der Waals surface area contributed by atoms with Crippen LogP contribution in [0.2, 0.25) is 0 Å². The van der Waals surface area contributed by atoms with E-state index in [0.29, 0.717) is 44.2 Å². The van der Waals surface area contributed by atoms with Crippen LogP contribution < -0.4 is 24.4 Å². The van der Waals surface area contributed by atoms with E-state index in [4.69, 9.17) is 19.2 Å². The summed E-state index contributed by atoms with van der Waals surface area (Å²) in [4.78, 5) is 32.6. The molecular formula is C33H26BrN3O5S. The molecule has 7 rings (SSSR count). The topological polar surface area (TPSA) is 84.1 Å². The average molecular weight is 657 g/mol. The van der Waals surface area contributed by atoms with Crippen LogP contribution in [0.3, 0.4) is 0 Å². The van der Waals surface area contributed by atoms with Gasteiger partial charge in [-0.15, -0.1) is 0 Å². The van der Waals surface area contributed by atoms with Crippen molar-refractivity contribution >= 4 is 50.2 Å². The molecule has 2 aliphatic rings. The number of hydrogen-bond donors (Lipinski definition) is 0. The van der Waals surface area contributed by atoms with E-state index >= 15 is 0 Å². The Labute approximate surface area is 258 Å². The Morgan fingerprint density at radius 3 is 2.72 bits per heavy atom. The Kier molecular flexibility index (Phi) is 7.03. The SMILES string of the molecule is CCOC(=O)C1=C(C)N=c2s/c(=C/c3cn(Cc4ccc(Br)cc4)c4ccccc34)c(=O)n2[C@H]1c1ccc2c(c1)OCO2. The first kappa shape index (κ1) is 27.4. The third kappa shape index (κ3) is 4.90. The van der Waals surface area contributed by atoms with Crippen molar-refractivity contribution in [3.8, 4) is 11.5 Å². The highest BCUT2D eigenvalue weighted by atomic mass is 79.9. The first-order valence-electron chi connectivity index (χ1n) is 13.8. The van der Waals surface area contributed by atoms with E-state index in [1.807, 2.05) is 42.5 Å². The van der Waals surface area contributed by atoms with E-state index < -0.39 is 12.0 Å². The molecule has 0 radical (unpaired) electrons. The number of aromatic nitrogens is 2. The van der Waals surface area contributed by atoms with E-state index in [0.717, 1.165) is 20.9 Å². The molecule has 1 atom stereocenters. The molecule has 0 saturated carbocycles. The minimum atomic E-state index is -0.731. The zero-order valence-corrected chi connectivity index (χ0v) is 25.8. The van der Waals surface area contributed by atoms with Crippen LogP contribution >= 0.6 is 27.3 Å². The third-order valence-corrected chi connectivity index (χ3v) is 9.11.